The number of carbonyl (C=O) groups excluding carboxylic acids is 1. The minimum atomic E-state index is 0.0129. The van der Waals surface area contributed by atoms with Crippen molar-refractivity contribution in [1.29, 1.82) is 0 Å². The number of likely N-dealkylation sites (tertiary alicyclic amines) is 1. The maximum Gasteiger partial charge on any atom is 0.253 e. The number of fused-ring (bicyclic) bond motifs is 1. The third-order valence-electron chi connectivity index (χ3n) is 8.84. The number of likely N-dealkylation sites (N-methyl/N-ethyl adjacent to an activating group) is 1. The number of hydrogen-bond acceptors (Lipinski definition) is 5. The van der Waals surface area contributed by atoms with Gasteiger partial charge in [0.25, 0.3) is 5.91 Å². The van der Waals surface area contributed by atoms with E-state index in [-0.39, 0.29) is 11.8 Å². The van der Waals surface area contributed by atoms with Gasteiger partial charge in [0.15, 0.2) is 0 Å². The molecule has 45 heavy (non-hydrogen) atoms. The van der Waals surface area contributed by atoms with Crippen LogP contribution in [0.4, 0.5) is 5.95 Å². The topological polar surface area (TPSA) is 68.6 Å². The third-order valence-corrected chi connectivity index (χ3v) is 9.58. The van der Waals surface area contributed by atoms with Crippen LogP contribution in [0.5, 0.6) is 0 Å². The number of piperidine rings is 1. The fourth-order valence-electron chi connectivity index (χ4n) is 6.33. The van der Waals surface area contributed by atoms with E-state index < -0.39 is 0 Å². The molecule has 1 amide bonds. The molecule has 0 saturated carbocycles. The standard InChI is InChI=1S/C36H39Cl2N5O2/c1-25-12-14-30(45-25)24-43(36-39-33-10-6-7-11-34(33)40-36)29-17-20-42(21-18-29)19-16-28(27-13-15-31(37)32(38)22-27)23-41(2)35(44)26-8-4-3-5-9-26/h3-15,22,28-29H,16-21,23-24H2,1-2H3,(H,39,40). The molecule has 6 rings (SSSR count). The molecule has 1 aliphatic heterocycles. The summed E-state index contributed by atoms with van der Waals surface area (Å²) in [5, 5.41) is 1.07. The molecule has 0 aliphatic carbocycles. The number of aromatic nitrogens is 2. The van der Waals surface area contributed by atoms with Crippen molar-refractivity contribution in [3.63, 3.8) is 0 Å². The normalized spacial score (nSPS) is 14.9. The summed E-state index contributed by atoms with van der Waals surface area (Å²) in [4.78, 5) is 28.4. The number of rotatable bonds is 11. The maximum atomic E-state index is 13.2. The molecule has 1 aliphatic rings. The monoisotopic (exact) mass is 643 g/mol. The van der Waals surface area contributed by atoms with Crippen molar-refractivity contribution in [3.8, 4) is 0 Å². The van der Waals surface area contributed by atoms with Crippen molar-refractivity contribution in [2.24, 2.45) is 0 Å². The molecule has 0 spiro atoms. The zero-order chi connectivity index (χ0) is 31.3. The van der Waals surface area contributed by atoms with Gasteiger partial charge >= 0.3 is 0 Å². The molecule has 7 nitrogen and oxygen atoms in total. The Morgan fingerprint density at radius 3 is 2.47 bits per heavy atom. The predicted molar refractivity (Wildman–Crippen MR) is 182 cm³/mol. The summed E-state index contributed by atoms with van der Waals surface area (Å²) < 4.78 is 5.98. The molecule has 1 atom stereocenters. The summed E-state index contributed by atoms with van der Waals surface area (Å²) in [7, 11) is 1.87. The van der Waals surface area contributed by atoms with Crippen LogP contribution in [0, 0.1) is 6.92 Å². The summed E-state index contributed by atoms with van der Waals surface area (Å²) in [6.07, 6.45) is 2.93. The third kappa shape index (κ3) is 7.55. The van der Waals surface area contributed by atoms with Gasteiger partial charge in [-0.25, -0.2) is 4.98 Å². The Balaban J connectivity index is 1.13. The highest BCUT2D eigenvalue weighted by Gasteiger charge is 2.28. The lowest BCUT2D eigenvalue weighted by Crippen LogP contribution is -2.45. The van der Waals surface area contributed by atoms with Crippen molar-refractivity contribution < 1.29 is 9.21 Å². The van der Waals surface area contributed by atoms with E-state index in [1.807, 2.05) is 91.7 Å². The molecule has 5 aromatic rings. The van der Waals surface area contributed by atoms with E-state index in [2.05, 4.69) is 26.9 Å². The van der Waals surface area contributed by atoms with Crippen molar-refractivity contribution in [2.45, 2.75) is 44.7 Å². The second-order valence-electron chi connectivity index (χ2n) is 12.0. The summed E-state index contributed by atoms with van der Waals surface area (Å²) in [6.45, 7) is 6.11. The number of H-pyrrole nitrogens is 1. The number of imidazole rings is 1. The summed E-state index contributed by atoms with van der Waals surface area (Å²) in [5.41, 5.74) is 3.79. The molecule has 2 aromatic heterocycles. The van der Waals surface area contributed by atoms with Crippen LogP contribution in [0.3, 0.4) is 0 Å². The van der Waals surface area contributed by atoms with Crippen LogP contribution < -0.4 is 4.90 Å². The average Bonchev–Trinajstić information content (AvgIpc) is 3.69. The number of nitrogens with one attached hydrogen (secondary N) is 1. The number of nitrogens with zero attached hydrogens (tertiary/aromatic N) is 4. The Bertz CT molecular complexity index is 1690. The first-order chi connectivity index (χ1) is 21.8. The highest BCUT2D eigenvalue weighted by atomic mass is 35.5. The summed E-state index contributed by atoms with van der Waals surface area (Å²) in [6, 6.07) is 27.8. The number of amides is 1. The lowest BCUT2D eigenvalue weighted by molar-refractivity contribution is 0.0781. The Morgan fingerprint density at radius 2 is 1.76 bits per heavy atom. The number of hydrogen-bond donors (Lipinski definition) is 1. The van der Waals surface area contributed by atoms with Crippen LogP contribution >= 0.6 is 23.2 Å². The number of halogens is 2. The minimum absolute atomic E-state index is 0.0129. The van der Waals surface area contributed by atoms with Gasteiger partial charge in [0, 0.05) is 44.2 Å². The van der Waals surface area contributed by atoms with Gasteiger partial charge in [0.05, 0.1) is 27.6 Å². The van der Waals surface area contributed by atoms with E-state index in [0.717, 1.165) is 73.0 Å². The molecule has 1 N–H and O–H groups in total. The molecule has 234 valence electrons. The summed E-state index contributed by atoms with van der Waals surface area (Å²) >= 11 is 12.7. The first-order valence-corrected chi connectivity index (χ1v) is 16.3. The van der Waals surface area contributed by atoms with Crippen LogP contribution in [-0.4, -0.2) is 64.9 Å². The van der Waals surface area contributed by atoms with E-state index >= 15 is 0 Å². The van der Waals surface area contributed by atoms with Crippen LogP contribution in [0.15, 0.2) is 89.3 Å². The first-order valence-electron chi connectivity index (χ1n) is 15.6. The Hall–Kier alpha value is -3.78. The molecule has 1 unspecified atom stereocenters. The number of benzene rings is 3. The number of carbonyl (C=O) groups is 1. The second kappa shape index (κ2) is 14.1. The van der Waals surface area contributed by atoms with E-state index in [1.54, 1.807) is 0 Å². The molecule has 9 heteroatoms. The maximum absolute atomic E-state index is 13.2. The molecule has 1 saturated heterocycles. The Labute approximate surface area is 274 Å². The highest BCUT2D eigenvalue weighted by molar-refractivity contribution is 6.42. The van der Waals surface area contributed by atoms with E-state index in [9.17, 15) is 4.79 Å². The summed E-state index contributed by atoms with van der Waals surface area (Å²) in [5.74, 6) is 2.86. The molecule has 0 radical (unpaired) electrons. The lowest BCUT2D eigenvalue weighted by atomic mass is 9.93. The zero-order valence-corrected chi connectivity index (χ0v) is 27.3. The van der Waals surface area contributed by atoms with Crippen molar-refractivity contribution in [2.75, 3.05) is 38.1 Å². The van der Waals surface area contributed by atoms with Gasteiger partial charge in [-0.1, -0.05) is 59.6 Å². The lowest BCUT2D eigenvalue weighted by Gasteiger charge is -2.38. The Morgan fingerprint density at radius 1 is 1.00 bits per heavy atom. The largest absolute Gasteiger partial charge is 0.464 e. The zero-order valence-electron chi connectivity index (χ0n) is 25.8. The van der Waals surface area contributed by atoms with Gasteiger partial charge < -0.3 is 24.1 Å². The Kier molecular flexibility index (Phi) is 9.79. The second-order valence-corrected chi connectivity index (χ2v) is 12.8. The highest BCUT2D eigenvalue weighted by Crippen LogP contribution is 2.31. The molecule has 3 aromatic carbocycles. The van der Waals surface area contributed by atoms with Crippen LogP contribution in [0.1, 0.15) is 52.6 Å². The van der Waals surface area contributed by atoms with Crippen LogP contribution in [-0.2, 0) is 6.54 Å². The fraction of sp³-hybridized carbons (Fsp3) is 0.333. The average molecular weight is 645 g/mol. The number of aromatic amines is 1. The number of para-hydroxylation sites is 2. The molecule has 0 bridgehead atoms. The van der Waals surface area contributed by atoms with Crippen molar-refractivity contribution in [3.05, 3.63) is 118 Å². The van der Waals surface area contributed by atoms with Crippen LogP contribution in [0.2, 0.25) is 10.0 Å². The van der Waals surface area contributed by atoms with Gasteiger partial charge in [0.1, 0.15) is 11.5 Å². The number of furan rings is 1. The smallest absolute Gasteiger partial charge is 0.253 e. The van der Waals surface area contributed by atoms with E-state index in [4.69, 9.17) is 32.6 Å². The molecule has 3 heterocycles. The van der Waals surface area contributed by atoms with E-state index in [1.165, 1.54) is 0 Å². The van der Waals surface area contributed by atoms with E-state index in [0.29, 0.717) is 34.7 Å². The van der Waals surface area contributed by atoms with Gasteiger partial charge in [0.2, 0.25) is 5.95 Å². The van der Waals surface area contributed by atoms with Gasteiger partial charge in [-0.15, -0.1) is 0 Å². The minimum Gasteiger partial charge on any atom is -0.464 e. The quantitative estimate of drug-likeness (QED) is 0.157. The molecule has 1 fully saturated rings. The van der Waals surface area contributed by atoms with Crippen LogP contribution in [0.25, 0.3) is 11.0 Å². The van der Waals surface area contributed by atoms with Gasteiger partial charge in [-0.05, 0) is 86.8 Å². The first kappa shape index (κ1) is 31.2. The molecular formula is C36H39Cl2N5O2. The van der Waals surface area contributed by atoms with Gasteiger partial charge in [-0.2, -0.15) is 0 Å². The number of aryl methyl sites for hydroxylation is 1. The SMILES string of the molecule is Cc1ccc(CN(c2nc3ccccc3[nH]2)C2CCN(CCC(CN(C)C(=O)c3ccccc3)c3ccc(Cl)c(Cl)c3)CC2)o1. The van der Waals surface area contributed by atoms with Crippen molar-refractivity contribution in [1.82, 2.24) is 19.8 Å². The predicted octanol–water partition coefficient (Wildman–Crippen LogP) is 8.19. The number of anilines is 1. The molecular weight excluding hydrogens is 605 g/mol. The van der Waals surface area contributed by atoms with Gasteiger partial charge in [-0.3, -0.25) is 4.79 Å². The van der Waals surface area contributed by atoms with Crippen molar-refractivity contribution >= 4 is 46.1 Å². The fourth-order valence-corrected chi connectivity index (χ4v) is 6.63.